The van der Waals surface area contributed by atoms with Gasteiger partial charge in [0.2, 0.25) is 5.91 Å². The largest absolute Gasteiger partial charge is 0.486 e. The van der Waals surface area contributed by atoms with Crippen LogP contribution in [-0.4, -0.2) is 53.6 Å². The first-order valence-electron chi connectivity index (χ1n) is 13.4. The SMILES string of the molecule is CCc1cccc(CN(CC(O)C(N)Cc2cc(F)cc(F)c2)C(=O)CCC(=O)c2ccc3c(c2)OCCO3)c1. The zero-order valence-corrected chi connectivity index (χ0v) is 22.4. The van der Waals surface area contributed by atoms with Crippen LogP contribution in [0.25, 0.3) is 0 Å². The van der Waals surface area contributed by atoms with Crippen molar-refractivity contribution in [3.63, 3.8) is 0 Å². The molecule has 0 saturated heterocycles. The van der Waals surface area contributed by atoms with E-state index in [1.807, 2.05) is 31.2 Å². The van der Waals surface area contributed by atoms with Gasteiger partial charge < -0.3 is 25.2 Å². The molecular weight excluding hydrogens is 518 g/mol. The Bertz CT molecular complexity index is 1330. The van der Waals surface area contributed by atoms with Crippen LogP contribution in [0.4, 0.5) is 8.78 Å². The summed E-state index contributed by atoms with van der Waals surface area (Å²) in [5.74, 6) is -0.930. The predicted molar refractivity (Wildman–Crippen MR) is 146 cm³/mol. The Morgan fingerprint density at radius 1 is 0.925 bits per heavy atom. The minimum atomic E-state index is -1.17. The number of ether oxygens (including phenoxy) is 2. The standard InChI is InChI=1S/C31H34F2N2O5/c1-2-20-4-3-5-21(12-20)18-35(19-28(37)26(34)15-22-13-24(32)17-25(33)14-22)31(38)9-7-27(36)23-6-8-29-30(16-23)40-11-10-39-29/h3-6,8,12-14,16-17,26,28,37H,2,7,9-11,15,18-19,34H2,1H3. The Balaban J connectivity index is 1.44. The van der Waals surface area contributed by atoms with Crippen LogP contribution in [-0.2, 0) is 24.2 Å². The van der Waals surface area contributed by atoms with Gasteiger partial charge in [-0.05, 0) is 59.9 Å². The third-order valence-corrected chi connectivity index (χ3v) is 6.85. The third kappa shape index (κ3) is 7.86. The zero-order chi connectivity index (χ0) is 28.6. The van der Waals surface area contributed by atoms with Gasteiger partial charge >= 0.3 is 0 Å². The van der Waals surface area contributed by atoms with Gasteiger partial charge in [0.25, 0.3) is 0 Å². The number of rotatable bonds is 12. The van der Waals surface area contributed by atoms with E-state index < -0.39 is 23.8 Å². The lowest BCUT2D eigenvalue weighted by molar-refractivity contribution is -0.133. The van der Waals surface area contributed by atoms with Crippen molar-refractivity contribution in [3.8, 4) is 11.5 Å². The predicted octanol–water partition coefficient (Wildman–Crippen LogP) is 4.22. The zero-order valence-electron chi connectivity index (χ0n) is 22.4. The molecule has 2 unspecified atom stereocenters. The van der Waals surface area contributed by atoms with Crippen LogP contribution >= 0.6 is 0 Å². The van der Waals surface area contributed by atoms with E-state index in [0.717, 1.165) is 35.7 Å². The fourth-order valence-electron chi connectivity index (χ4n) is 4.66. The second-order valence-corrected chi connectivity index (χ2v) is 9.94. The van der Waals surface area contributed by atoms with Gasteiger partial charge in [0.15, 0.2) is 17.3 Å². The summed E-state index contributed by atoms with van der Waals surface area (Å²) in [5, 5.41) is 10.9. The monoisotopic (exact) mass is 552 g/mol. The second kappa shape index (κ2) is 13.5. The first kappa shape index (κ1) is 29.2. The van der Waals surface area contributed by atoms with E-state index in [1.54, 1.807) is 18.2 Å². The number of aliphatic hydroxyl groups is 1. The molecule has 1 heterocycles. The van der Waals surface area contributed by atoms with E-state index in [2.05, 4.69) is 0 Å². The smallest absolute Gasteiger partial charge is 0.223 e. The summed E-state index contributed by atoms with van der Waals surface area (Å²) in [6.45, 7) is 2.98. The van der Waals surface area contributed by atoms with Gasteiger partial charge in [0.1, 0.15) is 24.8 Å². The van der Waals surface area contributed by atoms with Crippen molar-refractivity contribution < 1.29 is 33.0 Å². The molecule has 3 aromatic carbocycles. The van der Waals surface area contributed by atoms with Crippen molar-refractivity contribution in [2.24, 2.45) is 5.73 Å². The summed E-state index contributed by atoms with van der Waals surface area (Å²) in [4.78, 5) is 27.7. The van der Waals surface area contributed by atoms with Crippen LogP contribution < -0.4 is 15.2 Å². The molecule has 0 spiro atoms. The Labute approximate surface area is 232 Å². The molecule has 1 amide bonds. The average Bonchev–Trinajstić information content (AvgIpc) is 2.94. The van der Waals surface area contributed by atoms with Gasteiger partial charge in [-0.15, -0.1) is 0 Å². The lowest BCUT2D eigenvalue weighted by atomic mass is 10.0. The number of hydrogen-bond donors (Lipinski definition) is 2. The quantitative estimate of drug-likeness (QED) is 0.326. The number of halogens is 2. The minimum Gasteiger partial charge on any atom is -0.486 e. The molecule has 9 heteroatoms. The van der Waals surface area contributed by atoms with Crippen molar-refractivity contribution >= 4 is 11.7 Å². The molecule has 0 radical (unpaired) electrons. The highest BCUT2D eigenvalue weighted by Gasteiger charge is 2.24. The lowest BCUT2D eigenvalue weighted by Gasteiger charge is -2.28. The Kier molecular flexibility index (Phi) is 9.84. The van der Waals surface area contributed by atoms with E-state index in [1.165, 1.54) is 4.90 Å². The molecule has 2 atom stereocenters. The van der Waals surface area contributed by atoms with Gasteiger partial charge in [0, 0.05) is 43.6 Å². The van der Waals surface area contributed by atoms with Crippen molar-refractivity contribution in [2.75, 3.05) is 19.8 Å². The number of ketones is 1. The summed E-state index contributed by atoms with van der Waals surface area (Å²) in [6.07, 6.45) is -0.430. The highest BCUT2D eigenvalue weighted by atomic mass is 19.1. The van der Waals surface area contributed by atoms with Gasteiger partial charge in [-0.1, -0.05) is 31.2 Å². The normalized spacial score (nSPS) is 13.9. The van der Waals surface area contributed by atoms with E-state index in [4.69, 9.17) is 15.2 Å². The van der Waals surface area contributed by atoms with Gasteiger partial charge in [-0.25, -0.2) is 8.78 Å². The molecule has 7 nitrogen and oxygen atoms in total. The molecule has 1 aliphatic heterocycles. The van der Waals surface area contributed by atoms with Crippen molar-refractivity contribution in [1.29, 1.82) is 0 Å². The number of fused-ring (bicyclic) bond motifs is 1. The number of carbonyl (C=O) groups is 2. The molecule has 40 heavy (non-hydrogen) atoms. The highest BCUT2D eigenvalue weighted by Crippen LogP contribution is 2.31. The van der Waals surface area contributed by atoms with E-state index in [-0.39, 0.29) is 44.0 Å². The summed E-state index contributed by atoms with van der Waals surface area (Å²) in [6, 6.07) is 14.9. The number of aliphatic hydroxyl groups excluding tert-OH is 1. The molecule has 4 rings (SSSR count). The molecule has 0 bridgehead atoms. The maximum absolute atomic E-state index is 13.6. The number of nitrogens with two attached hydrogens (primary N) is 1. The van der Waals surface area contributed by atoms with Gasteiger partial charge in [-0.3, -0.25) is 9.59 Å². The van der Waals surface area contributed by atoms with Gasteiger partial charge in [-0.2, -0.15) is 0 Å². The first-order chi connectivity index (χ1) is 19.2. The molecule has 3 aromatic rings. The number of Topliss-reactive ketones (excluding diaryl/α,β-unsaturated/α-hetero) is 1. The summed E-state index contributed by atoms with van der Waals surface area (Å²) < 4.78 is 38.3. The van der Waals surface area contributed by atoms with Crippen LogP contribution in [0.2, 0.25) is 0 Å². The summed E-state index contributed by atoms with van der Waals surface area (Å²) in [5.41, 5.74) is 8.88. The number of amides is 1. The fraction of sp³-hybridized carbons (Fsp3) is 0.355. The van der Waals surface area contributed by atoms with Crippen LogP contribution in [0, 0.1) is 11.6 Å². The molecule has 1 aliphatic rings. The van der Waals surface area contributed by atoms with Crippen LogP contribution in [0.5, 0.6) is 11.5 Å². The molecular formula is C31H34F2N2O5. The molecule has 0 saturated carbocycles. The number of hydrogen-bond acceptors (Lipinski definition) is 6. The fourth-order valence-corrected chi connectivity index (χ4v) is 4.66. The summed E-state index contributed by atoms with van der Waals surface area (Å²) in [7, 11) is 0. The minimum absolute atomic E-state index is 0.0196. The van der Waals surface area contributed by atoms with Crippen LogP contribution in [0.3, 0.4) is 0 Å². The number of carbonyl (C=O) groups excluding carboxylic acids is 2. The number of aryl methyl sites for hydroxylation is 1. The lowest BCUT2D eigenvalue weighted by Crippen LogP contribution is -2.46. The average molecular weight is 553 g/mol. The Morgan fingerprint density at radius 3 is 2.35 bits per heavy atom. The molecule has 0 aromatic heterocycles. The maximum Gasteiger partial charge on any atom is 0.223 e. The van der Waals surface area contributed by atoms with Crippen LogP contribution in [0.1, 0.15) is 46.8 Å². The number of benzene rings is 3. The molecule has 212 valence electrons. The summed E-state index contributed by atoms with van der Waals surface area (Å²) >= 11 is 0. The van der Waals surface area contributed by atoms with E-state index in [9.17, 15) is 23.5 Å². The van der Waals surface area contributed by atoms with Crippen molar-refractivity contribution in [3.05, 3.63) is 94.6 Å². The van der Waals surface area contributed by atoms with Gasteiger partial charge in [0.05, 0.1) is 6.10 Å². The second-order valence-electron chi connectivity index (χ2n) is 9.94. The first-order valence-corrected chi connectivity index (χ1v) is 13.4. The van der Waals surface area contributed by atoms with Crippen molar-refractivity contribution in [2.45, 2.75) is 51.3 Å². The molecule has 0 fully saturated rings. The Hall–Kier alpha value is -3.82. The van der Waals surface area contributed by atoms with E-state index >= 15 is 0 Å². The third-order valence-electron chi connectivity index (χ3n) is 6.85. The Morgan fingerprint density at radius 2 is 1.62 bits per heavy atom. The molecule has 0 aliphatic carbocycles. The van der Waals surface area contributed by atoms with Crippen molar-refractivity contribution in [1.82, 2.24) is 4.90 Å². The van der Waals surface area contributed by atoms with E-state index in [0.29, 0.717) is 35.8 Å². The van der Waals surface area contributed by atoms with Crippen LogP contribution in [0.15, 0.2) is 60.7 Å². The topological polar surface area (TPSA) is 102 Å². The molecule has 3 N–H and O–H groups in total. The maximum atomic E-state index is 13.6. The number of nitrogens with zero attached hydrogens (tertiary/aromatic N) is 1. The highest BCUT2D eigenvalue weighted by molar-refractivity contribution is 5.98.